The number of carboxylic acids is 1. The Labute approximate surface area is 121 Å². The molecule has 0 bridgehead atoms. The molecule has 0 aromatic rings. The van der Waals surface area contributed by atoms with E-state index in [1.165, 1.54) is 0 Å². The molecule has 2 aliphatic rings. The summed E-state index contributed by atoms with van der Waals surface area (Å²) in [6.45, 7) is 6.60. The monoisotopic (exact) mass is 281 g/mol. The highest BCUT2D eigenvalue weighted by molar-refractivity contribution is 5.88. The molecule has 1 N–H and O–H groups in total. The summed E-state index contributed by atoms with van der Waals surface area (Å²) in [5, 5.41) is 9.60. The van der Waals surface area contributed by atoms with Crippen LogP contribution in [0.1, 0.15) is 65.7 Å². The number of aliphatic carboxylic acids is 1. The number of carbonyl (C=O) groups is 2. The van der Waals surface area contributed by atoms with Gasteiger partial charge in [0.2, 0.25) is 5.91 Å². The second kappa shape index (κ2) is 5.38. The SMILES string of the molecule is CCC1(C(=O)N2CCCC(C)(C)C2C(=O)O)CCCC1. The molecule has 2 fully saturated rings. The van der Waals surface area contributed by atoms with Crippen molar-refractivity contribution in [1.29, 1.82) is 0 Å². The smallest absolute Gasteiger partial charge is 0.326 e. The van der Waals surface area contributed by atoms with Crippen molar-refractivity contribution in [3.8, 4) is 0 Å². The Bertz CT molecular complexity index is 397. The van der Waals surface area contributed by atoms with Gasteiger partial charge in [-0.05, 0) is 37.5 Å². The van der Waals surface area contributed by atoms with Crippen LogP contribution < -0.4 is 0 Å². The van der Waals surface area contributed by atoms with Gasteiger partial charge in [-0.2, -0.15) is 0 Å². The maximum Gasteiger partial charge on any atom is 0.326 e. The largest absolute Gasteiger partial charge is 0.480 e. The molecule has 4 heteroatoms. The van der Waals surface area contributed by atoms with Crippen LogP contribution in [0.4, 0.5) is 0 Å². The Morgan fingerprint density at radius 2 is 1.75 bits per heavy atom. The highest BCUT2D eigenvalue weighted by Crippen LogP contribution is 2.45. The van der Waals surface area contributed by atoms with Crippen LogP contribution in [-0.4, -0.2) is 34.5 Å². The third kappa shape index (κ3) is 2.45. The van der Waals surface area contributed by atoms with E-state index < -0.39 is 12.0 Å². The minimum atomic E-state index is -0.854. The first kappa shape index (κ1) is 15.3. The predicted molar refractivity (Wildman–Crippen MR) is 77.3 cm³/mol. The van der Waals surface area contributed by atoms with E-state index in [2.05, 4.69) is 6.92 Å². The lowest BCUT2D eigenvalue weighted by atomic mass is 9.74. The van der Waals surface area contributed by atoms with Crippen LogP contribution in [-0.2, 0) is 9.59 Å². The standard InChI is InChI=1S/C16H27NO3/c1-4-16(9-5-6-10-16)14(20)17-11-7-8-15(2,3)12(17)13(18)19/h12H,4-11H2,1-3H3,(H,18,19). The summed E-state index contributed by atoms with van der Waals surface area (Å²) in [5.41, 5.74) is -0.631. The van der Waals surface area contributed by atoms with Gasteiger partial charge in [0.1, 0.15) is 6.04 Å². The molecular formula is C16H27NO3. The molecular weight excluding hydrogens is 254 g/mol. The summed E-state index contributed by atoms with van der Waals surface area (Å²) >= 11 is 0. The second-order valence-electron chi connectivity index (χ2n) is 7.17. The van der Waals surface area contributed by atoms with Crippen molar-refractivity contribution in [1.82, 2.24) is 4.90 Å². The summed E-state index contributed by atoms with van der Waals surface area (Å²) in [6.07, 6.45) is 6.63. The number of piperidine rings is 1. The van der Waals surface area contributed by atoms with E-state index >= 15 is 0 Å². The molecule has 4 nitrogen and oxygen atoms in total. The summed E-state index contributed by atoms with van der Waals surface area (Å²) in [7, 11) is 0. The van der Waals surface area contributed by atoms with E-state index in [1.54, 1.807) is 4.90 Å². The van der Waals surface area contributed by atoms with Crippen molar-refractivity contribution in [2.24, 2.45) is 10.8 Å². The molecule has 114 valence electrons. The number of rotatable bonds is 3. The molecule has 1 amide bonds. The van der Waals surface area contributed by atoms with E-state index in [0.29, 0.717) is 6.54 Å². The normalized spacial score (nSPS) is 28.4. The van der Waals surface area contributed by atoms with Crippen molar-refractivity contribution in [3.05, 3.63) is 0 Å². The van der Waals surface area contributed by atoms with Gasteiger partial charge >= 0.3 is 5.97 Å². The van der Waals surface area contributed by atoms with E-state index in [9.17, 15) is 14.7 Å². The van der Waals surface area contributed by atoms with Gasteiger partial charge in [0.05, 0.1) is 0 Å². The fourth-order valence-electron chi connectivity index (χ4n) is 4.15. The molecule has 0 aromatic heterocycles. The van der Waals surface area contributed by atoms with E-state index in [4.69, 9.17) is 0 Å². The highest BCUT2D eigenvalue weighted by atomic mass is 16.4. The maximum atomic E-state index is 13.0. The Kier molecular flexibility index (Phi) is 4.12. The number of carboxylic acid groups (broad SMARTS) is 1. The first-order valence-electron chi connectivity index (χ1n) is 7.88. The minimum absolute atomic E-state index is 0.0951. The van der Waals surface area contributed by atoms with Gasteiger partial charge in [0.25, 0.3) is 0 Å². The molecule has 1 unspecified atom stereocenters. The Balaban J connectivity index is 2.29. The molecule has 20 heavy (non-hydrogen) atoms. The number of hydrogen-bond donors (Lipinski definition) is 1. The van der Waals surface area contributed by atoms with Crippen LogP contribution in [0.2, 0.25) is 0 Å². The van der Waals surface area contributed by atoms with Crippen molar-refractivity contribution in [2.75, 3.05) is 6.54 Å². The van der Waals surface area contributed by atoms with E-state index in [0.717, 1.165) is 44.9 Å². The first-order chi connectivity index (χ1) is 9.34. The van der Waals surface area contributed by atoms with Crippen molar-refractivity contribution in [2.45, 2.75) is 71.8 Å². The van der Waals surface area contributed by atoms with Crippen LogP contribution >= 0.6 is 0 Å². The number of nitrogens with zero attached hydrogens (tertiary/aromatic N) is 1. The second-order valence-corrected chi connectivity index (χ2v) is 7.17. The first-order valence-corrected chi connectivity index (χ1v) is 7.88. The van der Waals surface area contributed by atoms with Crippen molar-refractivity contribution >= 4 is 11.9 Å². The Hall–Kier alpha value is -1.06. The molecule has 1 heterocycles. The third-order valence-electron chi connectivity index (χ3n) is 5.46. The molecule has 1 aliphatic heterocycles. The molecule has 2 rings (SSSR count). The molecule has 0 aromatic carbocycles. The molecule has 1 saturated heterocycles. The van der Waals surface area contributed by atoms with Crippen LogP contribution in [0.3, 0.4) is 0 Å². The zero-order valence-electron chi connectivity index (χ0n) is 12.9. The fourth-order valence-corrected chi connectivity index (χ4v) is 4.15. The molecule has 1 atom stereocenters. The lowest BCUT2D eigenvalue weighted by Crippen LogP contribution is -2.59. The summed E-state index contributed by atoms with van der Waals surface area (Å²) in [6, 6.07) is -0.673. The van der Waals surface area contributed by atoms with Gasteiger partial charge in [-0.3, -0.25) is 4.79 Å². The van der Waals surface area contributed by atoms with Crippen LogP contribution in [0.15, 0.2) is 0 Å². The summed E-state index contributed by atoms with van der Waals surface area (Å²) < 4.78 is 0. The number of likely N-dealkylation sites (tertiary alicyclic amines) is 1. The lowest BCUT2D eigenvalue weighted by molar-refractivity contribution is -0.164. The maximum absolute atomic E-state index is 13.0. The van der Waals surface area contributed by atoms with Gasteiger partial charge in [0.15, 0.2) is 0 Å². The van der Waals surface area contributed by atoms with Gasteiger partial charge in [-0.25, -0.2) is 4.79 Å². The zero-order chi connectivity index (χ0) is 15.0. The average Bonchev–Trinajstić information content (AvgIpc) is 2.85. The third-order valence-corrected chi connectivity index (χ3v) is 5.46. The van der Waals surface area contributed by atoms with Crippen LogP contribution in [0.5, 0.6) is 0 Å². The molecule has 0 radical (unpaired) electrons. The Morgan fingerprint density at radius 3 is 2.25 bits per heavy atom. The van der Waals surface area contributed by atoms with E-state index in [-0.39, 0.29) is 16.7 Å². The van der Waals surface area contributed by atoms with Crippen LogP contribution in [0, 0.1) is 10.8 Å². The van der Waals surface area contributed by atoms with Crippen molar-refractivity contribution in [3.63, 3.8) is 0 Å². The summed E-state index contributed by atoms with van der Waals surface area (Å²) in [4.78, 5) is 26.4. The summed E-state index contributed by atoms with van der Waals surface area (Å²) in [5.74, 6) is -0.759. The van der Waals surface area contributed by atoms with Gasteiger partial charge in [-0.1, -0.05) is 33.6 Å². The Morgan fingerprint density at radius 1 is 1.15 bits per heavy atom. The highest BCUT2D eigenvalue weighted by Gasteiger charge is 2.50. The van der Waals surface area contributed by atoms with Gasteiger partial charge in [-0.15, -0.1) is 0 Å². The number of amides is 1. The van der Waals surface area contributed by atoms with Gasteiger partial charge < -0.3 is 10.0 Å². The molecule has 1 aliphatic carbocycles. The minimum Gasteiger partial charge on any atom is -0.480 e. The lowest BCUT2D eigenvalue weighted by Gasteiger charge is -2.46. The quantitative estimate of drug-likeness (QED) is 0.865. The molecule has 0 spiro atoms. The number of hydrogen-bond acceptors (Lipinski definition) is 2. The predicted octanol–water partition coefficient (Wildman–Crippen LogP) is 3.06. The average molecular weight is 281 g/mol. The van der Waals surface area contributed by atoms with Crippen molar-refractivity contribution < 1.29 is 14.7 Å². The van der Waals surface area contributed by atoms with Crippen LogP contribution in [0.25, 0.3) is 0 Å². The van der Waals surface area contributed by atoms with E-state index in [1.807, 2.05) is 13.8 Å². The van der Waals surface area contributed by atoms with Gasteiger partial charge in [0, 0.05) is 12.0 Å². The topological polar surface area (TPSA) is 57.6 Å². The fraction of sp³-hybridized carbons (Fsp3) is 0.875. The number of carbonyl (C=O) groups excluding carboxylic acids is 1. The zero-order valence-corrected chi connectivity index (χ0v) is 12.9. The molecule has 1 saturated carbocycles.